The van der Waals surface area contributed by atoms with E-state index in [9.17, 15) is 8.78 Å². The average molecular weight is 262 g/mol. The molecule has 0 saturated heterocycles. The second-order valence-corrected chi connectivity index (χ2v) is 4.80. The van der Waals surface area contributed by atoms with E-state index in [1.165, 1.54) is 12.1 Å². The van der Waals surface area contributed by atoms with Crippen LogP contribution in [0.2, 0.25) is 0 Å². The summed E-state index contributed by atoms with van der Waals surface area (Å²) in [6.45, 7) is 0. The molecule has 1 aliphatic rings. The van der Waals surface area contributed by atoms with Crippen LogP contribution in [0, 0.1) is 11.6 Å². The zero-order valence-corrected chi connectivity index (χ0v) is 9.07. The fourth-order valence-corrected chi connectivity index (χ4v) is 1.83. The third kappa shape index (κ3) is 1.96. The van der Waals surface area contributed by atoms with E-state index in [2.05, 4.69) is 15.9 Å². The van der Waals surface area contributed by atoms with E-state index in [-0.39, 0.29) is 17.5 Å². The van der Waals surface area contributed by atoms with Gasteiger partial charge in [0.05, 0.1) is 0 Å². The van der Waals surface area contributed by atoms with Crippen molar-refractivity contribution in [2.24, 2.45) is 5.73 Å². The SMILES string of the molecule is NC1(Cc2c(F)cc(Br)cc2F)CC1. The van der Waals surface area contributed by atoms with Crippen molar-refractivity contribution in [3.8, 4) is 0 Å². The van der Waals surface area contributed by atoms with Crippen molar-refractivity contribution >= 4 is 15.9 Å². The predicted molar refractivity (Wildman–Crippen MR) is 53.9 cm³/mol. The van der Waals surface area contributed by atoms with E-state index in [0.717, 1.165) is 12.8 Å². The maximum atomic E-state index is 13.3. The lowest BCUT2D eigenvalue weighted by Crippen LogP contribution is -2.25. The van der Waals surface area contributed by atoms with Crippen molar-refractivity contribution in [2.45, 2.75) is 24.8 Å². The Bertz CT molecular complexity index is 351. The van der Waals surface area contributed by atoms with E-state index >= 15 is 0 Å². The molecule has 76 valence electrons. The molecule has 1 aromatic rings. The van der Waals surface area contributed by atoms with Gasteiger partial charge in [0.1, 0.15) is 11.6 Å². The topological polar surface area (TPSA) is 26.0 Å². The Morgan fingerprint density at radius 3 is 2.21 bits per heavy atom. The highest BCUT2D eigenvalue weighted by atomic mass is 79.9. The van der Waals surface area contributed by atoms with Crippen LogP contribution in [0.25, 0.3) is 0 Å². The van der Waals surface area contributed by atoms with Gasteiger partial charge in [-0.25, -0.2) is 8.78 Å². The third-order valence-electron chi connectivity index (χ3n) is 2.53. The van der Waals surface area contributed by atoms with Gasteiger partial charge in [0, 0.05) is 15.6 Å². The van der Waals surface area contributed by atoms with Crippen LogP contribution < -0.4 is 5.73 Å². The zero-order valence-electron chi connectivity index (χ0n) is 7.49. The minimum atomic E-state index is -0.520. The second kappa shape index (κ2) is 3.28. The first-order chi connectivity index (χ1) is 6.50. The van der Waals surface area contributed by atoms with E-state index in [0.29, 0.717) is 4.47 Å². The monoisotopic (exact) mass is 261 g/mol. The van der Waals surface area contributed by atoms with Gasteiger partial charge in [-0.2, -0.15) is 0 Å². The molecule has 1 aliphatic carbocycles. The summed E-state index contributed by atoms with van der Waals surface area (Å²) in [5.41, 5.74) is 5.55. The summed E-state index contributed by atoms with van der Waals surface area (Å²) in [5.74, 6) is -1.04. The lowest BCUT2D eigenvalue weighted by atomic mass is 10.0. The molecule has 14 heavy (non-hydrogen) atoms. The lowest BCUT2D eigenvalue weighted by molar-refractivity contribution is 0.530. The maximum absolute atomic E-state index is 13.3. The lowest BCUT2D eigenvalue weighted by Gasteiger charge is -2.10. The van der Waals surface area contributed by atoms with Crippen molar-refractivity contribution in [1.29, 1.82) is 0 Å². The van der Waals surface area contributed by atoms with E-state index in [4.69, 9.17) is 5.73 Å². The van der Waals surface area contributed by atoms with Gasteiger partial charge in [-0.3, -0.25) is 0 Å². The fourth-order valence-electron chi connectivity index (χ4n) is 1.43. The minimum absolute atomic E-state index is 0.105. The molecule has 1 aromatic carbocycles. The molecule has 0 unspecified atom stereocenters. The Morgan fingerprint density at radius 2 is 1.79 bits per heavy atom. The highest BCUT2D eigenvalue weighted by molar-refractivity contribution is 9.10. The first-order valence-electron chi connectivity index (χ1n) is 4.42. The van der Waals surface area contributed by atoms with Gasteiger partial charge in [-0.1, -0.05) is 15.9 Å². The van der Waals surface area contributed by atoms with Crippen molar-refractivity contribution in [2.75, 3.05) is 0 Å². The summed E-state index contributed by atoms with van der Waals surface area (Å²) in [6.07, 6.45) is 1.99. The number of rotatable bonds is 2. The van der Waals surface area contributed by atoms with E-state index in [1.54, 1.807) is 0 Å². The maximum Gasteiger partial charge on any atom is 0.130 e. The van der Waals surface area contributed by atoms with Crippen molar-refractivity contribution < 1.29 is 8.78 Å². The Hall–Kier alpha value is -0.480. The molecule has 2 N–H and O–H groups in total. The molecule has 0 bridgehead atoms. The van der Waals surface area contributed by atoms with Crippen molar-refractivity contribution in [3.05, 3.63) is 33.8 Å². The molecule has 0 aromatic heterocycles. The molecule has 1 fully saturated rings. The number of halogens is 3. The van der Waals surface area contributed by atoms with Gasteiger partial charge in [0.15, 0.2) is 0 Å². The van der Waals surface area contributed by atoms with Crippen LogP contribution >= 0.6 is 15.9 Å². The van der Waals surface area contributed by atoms with Crippen LogP contribution in [0.4, 0.5) is 8.78 Å². The van der Waals surface area contributed by atoms with Crippen LogP contribution in [0.5, 0.6) is 0 Å². The molecule has 2 rings (SSSR count). The molecule has 0 aliphatic heterocycles. The molecular formula is C10H10BrF2N. The quantitative estimate of drug-likeness (QED) is 0.871. The highest BCUT2D eigenvalue weighted by Gasteiger charge is 2.39. The van der Waals surface area contributed by atoms with Crippen molar-refractivity contribution in [1.82, 2.24) is 0 Å². The third-order valence-corrected chi connectivity index (χ3v) is 2.98. The summed E-state index contributed by atoms with van der Waals surface area (Å²) in [7, 11) is 0. The smallest absolute Gasteiger partial charge is 0.130 e. The van der Waals surface area contributed by atoms with Gasteiger partial charge in [-0.15, -0.1) is 0 Å². The summed E-state index contributed by atoms with van der Waals surface area (Å²) in [5, 5.41) is 0. The molecule has 1 saturated carbocycles. The molecule has 1 nitrogen and oxygen atoms in total. The molecule has 0 heterocycles. The molecule has 0 radical (unpaired) electrons. The Kier molecular flexibility index (Phi) is 2.35. The molecule has 4 heteroatoms. The van der Waals surface area contributed by atoms with E-state index in [1.807, 2.05) is 0 Å². The highest BCUT2D eigenvalue weighted by Crippen LogP contribution is 2.37. The average Bonchev–Trinajstić information content (AvgIpc) is 2.77. The predicted octanol–water partition coefficient (Wildman–Crippen LogP) is 2.76. The van der Waals surface area contributed by atoms with Crippen LogP contribution in [-0.4, -0.2) is 5.54 Å². The van der Waals surface area contributed by atoms with Gasteiger partial charge < -0.3 is 5.73 Å². The van der Waals surface area contributed by atoms with Crippen LogP contribution in [0.3, 0.4) is 0 Å². The van der Waals surface area contributed by atoms with Crippen molar-refractivity contribution in [3.63, 3.8) is 0 Å². The largest absolute Gasteiger partial charge is 0.325 e. The second-order valence-electron chi connectivity index (χ2n) is 3.89. The van der Waals surface area contributed by atoms with Crippen LogP contribution in [0.1, 0.15) is 18.4 Å². The first kappa shape index (κ1) is 10.1. The normalized spacial score (nSPS) is 18.3. The van der Waals surface area contributed by atoms with Crippen LogP contribution in [-0.2, 0) is 6.42 Å². The number of benzene rings is 1. The fraction of sp³-hybridized carbons (Fsp3) is 0.400. The number of hydrogen-bond acceptors (Lipinski definition) is 1. The summed E-state index contributed by atoms with van der Waals surface area (Å²) in [4.78, 5) is 0. The summed E-state index contributed by atoms with van der Waals surface area (Å²) >= 11 is 3.03. The molecule has 0 spiro atoms. The first-order valence-corrected chi connectivity index (χ1v) is 5.22. The minimum Gasteiger partial charge on any atom is -0.325 e. The van der Waals surface area contributed by atoms with Crippen LogP contribution in [0.15, 0.2) is 16.6 Å². The zero-order chi connectivity index (χ0) is 10.3. The Morgan fingerprint density at radius 1 is 1.29 bits per heavy atom. The summed E-state index contributed by atoms with van der Waals surface area (Å²) in [6, 6.07) is 2.54. The molecule has 0 amide bonds. The number of nitrogens with two attached hydrogens (primary N) is 1. The molecular weight excluding hydrogens is 252 g/mol. The van der Waals surface area contributed by atoms with E-state index < -0.39 is 11.6 Å². The standard InChI is InChI=1S/C10H10BrF2N/c11-6-3-8(12)7(9(13)4-6)5-10(14)1-2-10/h3-4H,1-2,5,14H2. The van der Waals surface area contributed by atoms with Gasteiger partial charge in [0.2, 0.25) is 0 Å². The van der Waals surface area contributed by atoms with Gasteiger partial charge in [0.25, 0.3) is 0 Å². The Labute approximate surface area is 89.4 Å². The Balaban J connectivity index is 2.32. The van der Waals surface area contributed by atoms with Gasteiger partial charge in [-0.05, 0) is 31.4 Å². The summed E-state index contributed by atoms with van der Waals surface area (Å²) < 4.78 is 27.1. The number of hydrogen-bond donors (Lipinski definition) is 1. The molecule has 0 atom stereocenters. The van der Waals surface area contributed by atoms with Gasteiger partial charge >= 0.3 is 0 Å².